The van der Waals surface area contributed by atoms with Crippen LogP contribution in [0.15, 0.2) is 18.2 Å². The molecule has 1 saturated heterocycles. The van der Waals surface area contributed by atoms with Crippen LogP contribution in [0.25, 0.3) is 0 Å². The van der Waals surface area contributed by atoms with Crippen LogP contribution in [0.2, 0.25) is 0 Å². The molecular formula is C14H20F3N3. The normalized spacial score (nSPS) is 17.2. The van der Waals surface area contributed by atoms with Gasteiger partial charge in [-0.15, -0.1) is 0 Å². The molecule has 1 N–H and O–H groups in total. The van der Waals surface area contributed by atoms with Gasteiger partial charge in [-0.05, 0) is 23.8 Å². The Morgan fingerprint density at radius 1 is 1.20 bits per heavy atom. The van der Waals surface area contributed by atoms with Crippen LogP contribution in [-0.2, 0) is 12.7 Å². The fourth-order valence-electron chi connectivity index (χ4n) is 2.43. The molecule has 0 saturated carbocycles. The third-order valence-corrected chi connectivity index (χ3v) is 3.49. The van der Waals surface area contributed by atoms with Crippen molar-refractivity contribution >= 4 is 5.69 Å². The molecule has 1 aromatic carbocycles. The summed E-state index contributed by atoms with van der Waals surface area (Å²) in [6, 6.07) is 3.98. The fraction of sp³-hybridized carbons (Fsp3) is 0.571. The summed E-state index contributed by atoms with van der Waals surface area (Å²) in [6.45, 7) is 4.05. The molecule has 1 aliphatic heterocycles. The highest BCUT2D eigenvalue weighted by atomic mass is 19.4. The highest BCUT2D eigenvalue weighted by Crippen LogP contribution is 2.33. The molecule has 0 radical (unpaired) electrons. The number of halogens is 3. The number of rotatable bonds is 3. The van der Waals surface area contributed by atoms with Crippen molar-refractivity contribution in [1.82, 2.24) is 10.2 Å². The van der Waals surface area contributed by atoms with Crippen molar-refractivity contribution < 1.29 is 13.2 Å². The molecule has 0 bridgehead atoms. The first kappa shape index (κ1) is 15.1. The number of nitrogens with one attached hydrogen (secondary N) is 1. The second kappa shape index (κ2) is 6.01. The predicted octanol–water partition coefficient (Wildman–Crippen LogP) is 2.18. The van der Waals surface area contributed by atoms with Crippen LogP contribution < -0.4 is 10.2 Å². The lowest BCUT2D eigenvalue weighted by atomic mass is 10.1. The van der Waals surface area contributed by atoms with Gasteiger partial charge in [0.2, 0.25) is 0 Å². The van der Waals surface area contributed by atoms with Crippen molar-refractivity contribution in [2.75, 3.05) is 45.2 Å². The van der Waals surface area contributed by atoms with Crippen LogP contribution in [0, 0.1) is 0 Å². The second-order valence-corrected chi connectivity index (χ2v) is 5.26. The Balaban J connectivity index is 2.26. The van der Waals surface area contributed by atoms with Gasteiger partial charge in [0.15, 0.2) is 0 Å². The molecule has 1 aliphatic rings. The zero-order chi connectivity index (χ0) is 14.8. The monoisotopic (exact) mass is 287 g/mol. The molecule has 1 heterocycles. The highest BCUT2D eigenvalue weighted by molar-refractivity contribution is 5.54. The molecule has 1 aromatic rings. The molecule has 1 fully saturated rings. The van der Waals surface area contributed by atoms with Gasteiger partial charge in [0.25, 0.3) is 0 Å². The molecule has 3 nitrogen and oxygen atoms in total. The molecule has 0 aromatic heterocycles. The highest BCUT2D eigenvalue weighted by Gasteiger charge is 2.31. The first-order valence-electron chi connectivity index (χ1n) is 6.68. The summed E-state index contributed by atoms with van der Waals surface area (Å²) in [6.07, 6.45) is -4.29. The van der Waals surface area contributed by atoms with Crippen molar-refractivity contribution in [1.29, 1.82) is 0 Å². The molecule has 0 unspecified atom stereocenters. The van der Waals surface area contributed by atoms with E-state index in [1.165, 1.54) is 6.07 Å². The molecule has 112 valence electrons. The Morgan fingerprint density at radius 2 is 1.85 bits per heavy atom. The maximum Gasteiger partial charge on any atom is 0.416 e. The van der Waals surface area contributed by atoms with Gasteiger partial charge < -0.3 is 10.2 Å². The number of alkyl halides is 3. The quantitative estimate of drug-likeness (QED) is 0.919. The number of anilines is 1. The summed E-state index contributed by atoms with van der Waals surface area (Å²) in [4.78, 5) is 4.04. The van der Waals surface area contributed by atoms with E-state index in [2.05, 4.69) is 10.2 Å². The Bertz CT molecular complexity index is 451. The lowest BCUT2D eigenvalue weighted by molar-refractivity contribution is -0.137. The lowest BCUT2D eigenvalue weighted by Gasteiger charge is -2.29. The maximum absolute atomic E-state index is 12.8. The summed E-state index contributed by atoms with van der Waals surface area (Å²) in [5, 5.41) is 3.24. The Labute approximate surface area is 117 Å². The van der Waals surface area contributed by atoms with Crippen molar-refractivity contribution in [3.05, 3.63) is 29.3 Å². The van der Waals surface area contributed by atoms with Crippen molar-refractivity contribution in [3.63, 3.8) is 0 Å². The van der Waals surface area contributed by atoms with Crippen molar-refractivity contribution in [2.45, 2.75) is 12.7 Å². The van der Waals surface area contributed by atoms with Gasteiger partial charge in [-0.3, -0.25) is 4.90 Å². The number of nitrogens with zero attached hydrogens (tertiary/aromatic N) is 2. The molecule has 20 heavy (non-hydrogen) atoms. The maximum atomic E-state index is 12.8. The van der Waals surface area contributed by atoms with E-state index < -0.39 is 11.7 Å². The lowest BCUT2D eigenvalue weighted by Crippen LogP contribution is -2.43. The van der Waals surface area contributed by atoms with Crippen LogP contribution in [0.5, 0.6) is 0 Å². The summed E-state index contributed by atoms with van der Waals surface area (Å²) in [5.74, 6) is 0. The zero-order valence-electron chi connectivity index (χ0n) is 11.8. The Kier molecular flexibility index (Phi) is 4.55. The summed E-state index contributed by atoms with van der Waals surface area (Å²) in [7, 11) is 3.70. The standard InChI is InChI=1S/C14H20F3N3/c1-19(2)13-4-3-12(14(15,16)17)9-11(13)10-20-7-5-18-6-8-20/h3-4,9,18H,5-8,10H2,1-2H3. The average Bonchev–Trinajstić information content (AvgIpc) is 2.38. The van der Waals surface area contributed by atoms with Crippen LogP contribution in [-0.4, -0.2) is 45.2 Å². The zero-order valence-corrected chi connectivity index (χ0v) is 11.8. The van der Waals surface area contributed by atoms with E-state index in [-0.39, 0.29) is 0 Å². The minimum atomic E-state index is -4.29. The number of piperazine rings is 1. The summed E-state index contributed by atoms with van der Waals surface area (Å²) >= 11 is 0. The van der Waals surface area contributed by atoms with Gasteiger partial charge in [0.1, 0.15) is 0 Å². The van der Waals surface area contributed by atoms with Gasteiger partial charge in [0, 0.05) is 52.5 Å². The Hall–Kier alpha value is -1.27. The molecular weight excluding hydrogens is 267 g/mol. The van der Waals surface area contributed by atoms with Gasteiger partial charge >= 0.3 is 6.18 Å². The van der Waals surface area contributed by atoms with E-state index in [1.807, 2.05) is 19.0 Å². The number of hydrogen-bond acceptors (Lipinski definition) is 3. The average molecular weight is 287 g/mol. The first-order chi connectivity index (χ1) is 9.38. The fourth-order valence-corrected chi connectivity index (χ4v) is 2.43. The van der Waals surface area contributed by atoms with Crippen LogP contribution in [0.3, 0.4) is 0 Å². The number of hydrogen-bond donors (Lipinski definition) is 1. The topological polar surface area (TPSA) is 18.5 Å². The van der Waals surface area contributed by atoms with E-state index in [4.69, 9.17) is 0 Å². The largest absolute Gasteiger partial charge is 0.416 e. The SMILES string of the molecule is CN(C)c1ccc(C(F)(F)F)cc1CN1CCNCC1. The predicted molar refractivity (Wildman–Crippen MR) is 73.9 cm³/mol. The summed E-state index contributed by atoms with van der Waals surface area (Å²) in [5.41, 5.74) is 0.997. The minimum absolute atomic E-state index is 0.555. The van der Waals surface area contributed by atoms with Crippen LogP contribution >= 0.6 is 0 Å². The van der Waals surface area contributed by atoms with Crippen molar-refractivity contribution in [3.8, 4) is 0 Å². The van der Waals surface area contributed by atoms with Crippen molar-refractivity contribution in [2.24, 2.45) is 0 Å². The van der Waals surface area contributed by atoms with Gasteiger partial charge in [0.05, 0.1) is 5.56 Å². The van der Waals surface area contributed by atoms with Crippen LogP contribution in [0.1, 0.15) is 11.1 Å². The minimum Gasteiger partial charge on any atom is -0.377 e. The van der Waals surface area contributed by atoms with Gasteiger partial charge in [-0.2, -0.15) is 13.2 Å². The smallest absolute Gasteiger partial charge is 0.377 e. The molecule has 0 aliphatic carbocycles. The molecule has 2 rings (SSSR count). The Morgan fingerprint density at radius 3 is 2.40 bits per heavy atom. The molecule has 0 spiro atoms. The third kappa shape index (κ3) is 3.64. The van der Waals surface area contributed by atoms with Gasteiger partial charge in [-0.1, -0.05) is 0 Å². The second-order valence-electron chi connectivity index (χ2n) is 5.26. The molecule has 0 amide bonds. The first-order valence-corrected chi connectivity index (χ1v) is 6.68. The van der Waals surface area contributed by atoms with E-state index >= 15 is 0 Å². The molecule has 0 atom stereocenters. The number of benzene rings is 1. The van der Waals surface area contributed by atoms with Crippen LogP contribution in [0.4, 0.5) is 18.9 Å². The summed E-state index contributed by atoms with van der Waals surface area (Å²) < 4.78 is 38.5. The van der Waals surface area contributed by atoms with E-state index in [9.17, 15) is 13.2 Å². The van der Waals surface area contributed by atoms with Gasteiger partial charge in [-0.25, -0.2) is 0 Å². The van der Waals surface area contributed by atoms with E-state index in [0.717, 1.165) is 43.5 Å². The molecule has 6 heteroatoms. The van der Waals surface area contributed by atoms with E-state index in [0.29, 0.717) is 6.54 Å². The van der Waals surface area contributed by atoms with E-state index in [1.54, 1.807) is 6.07 Å². The third-order valence-electron chi connectivity index (χ3n) is 3.49.